The van der Waals surface area contributed by atoms with Crippen LogP contribution in [0.15, 0.2) is 18.2 Å². The quantitative estimate of drug-likeness (QED) is 0.759. The maximum atomic E-state index is 11.7. The molecule has 21 heavy (non-hydrogen) atoms. The van der Waals surface area contributed by atoms with Crippen LogP contribution in [-0.2, 0) is 16.4 Å². The summed E-state index contributed by atoms with van der Waals surface area (Å²) in [4.78, 5) is 11.7. The van der Waals surface area contributed by atoms with E-state index < -0.39 is 10.0 Å². The lowest BCUT2D eigenvalue weighted by Gasteiger charge is -2.18. The Balaban J connectivity index is 2.27. The number of sulfonamides is 1. The number of ketones is 1. The number of anilines is 1. The first-order chi connectivity index (χ1) is 9.68. The summed E-state index contributed by atoms with van der Waals surface area (Å²) in [5.74, 6) is 1.54. The highest BCUT2D eigenvalue weighted by Gasteiger charge is 2.31. The molecule has 1 aliphatic carbocycles. The van der Waals surface area contributed by atoms with E-state index in [0.29, 0.717) is 11.3 Å². The second-order valence-electron chi connectivity index (χ2n) is 6.19. The minimum absolute atomic E-state index is 0.0419. The molecule has 2 unspecified atom stereocenters. The topological polar surface area (TPSA) is 54.5 Å². The molecule has 0 amide bonds. The number of Topliss-reactive ketones (excluding diaryl/α,β-unsaturated/α-hetero) is 1. The number of hydrogen-bond donors (Lipinski definition) is 0. The first-order valence-electron chi connectivity index (χ1n) is 7.27. The fourth-order valence-electron chi connectivity index (χ4n) is 2.55. The standard InChI is InChI=1S/C16H23NO3S/c1-11-7-14(11)6-5-13-8-15(12(2)18)10-16(9-13)17(3)21(4,19)20/h8-11,14H,5-7H2,1-4H3. The third-order valence-electron chi connectivity index (χ3n) is 4.33. The summed E-state index contributed by atoms with van der Waals surface area (Å²) in [5, 5.41) is 0. The molecule has 0 saturated heterocycles. The number of carbonyl (C=O) groups excluding carboxylic acids is 1. The summed E-state index contributed by atoms with van der Waals surface area (Å²) in [6.07, 6.45) is 4.44. The van der Waals surface area contributed by atoms with Crippen molar-refractivity contribution in [1.29, 1.82) is 0 Å². The Bertz CT molecular complexity index is 651. The largest absolute Gasteiger partial charge is 0.295 e. The van der Waals surface area contributed by atoms with E-state index in [9.17, 15) is 13.2 Å². The maximum absolute atomic E-state index is 11.7. The molecule has 1 aromatic rings. The Morgan fingerprint density at radius 3 is 2.43 bits per heavy atom. The van der Waals surface area contributed by atoms with Crippen LogP contribution in [0.1, 0.15) is 42.6 Å². The number of nitrogens with zero attached hydrogens (tertiary/aromatic N) is 1. The lowest BCUT2D eigenvalue weighted by Crippen LogP contribution is -2.25. The molecular weight excluding hydrogens is 286 g/mol. The molecule has 0 heterocycles. The summed E-state index contributed by atoms with van der Waals surface area (Å²) in [5.41, 5.74) is 2.16. The van der Waals surface area contributed by atoms with Crippen molar-refractivity contribution in [3.63, 3.8) is 0 Å². The van der Waals surface area contributed by atoms with Crippen molar-refractivity contribution in [2.24, 2.45) is 11.8 Å². The summed E-state index contributed by atoms with van der Waals surface area (Å²) in [6.45, 7) is 3.76. The first-order valence-corrected chi connectivity index (χ1v) is 9.12. The zero-order valence-corrected chi connectivity index (χ0v) is 13.9. The normalized spacial score (nSPS) is 21.1. The van der Waals surface area contributed by atoms with Crippen molar-refractivity contribution in [2.45, 2.75) is 33.1 Å². The van der Waals surface area contributed by atoms with E-state index in [2.05, 4.69) is 6.92 Å². The Hall–Kier alpha value is -1.36. The van der Waals surface area contributed by atoms with Crippen molar-refractivity contribution in [3.05, 3.63) is 29.3 Å². The zero-order chi connectivity index (χ0) is 15.8. The van der Waals surface area contributed by atoms with Gasteiger partial charge >= 0.3 is 0 Å². The Kier molecular flexibility index (Phi) is 4.42. The average molecular weight is 309 g/mol. The van der Waals surface area contributed by atoms with Crippen LogP contribution in [0, 0.1) is 11.8 Å². The third kappa shape index (κ3) is 4.06. The molecule has 116 valence electrons. The van der Waals surface area contributed by atoms with E-state index in [-0.39, 0.29) is 5.78 Å². The van der Waals surface area contributed by atoms with Crippen molar-refractivity contribution in [3.8, 4) is 0 Å². The second kappa shape index (κ2) is 5.79. The highest BCUT2D eigenvalue weighted by molar-refractivity contribution is 7.92. The van der Waals surface area contributed by atoms with E-state index in [1.165, 1.54) is 31.0 Å². The molecule has 1 aliphatic rings. The Morgan fingerprint density at radius 2 is 1.95 bits per heavy atom. The van der Waals surface area contributed by atoms with Gasteiger partial charge in [-0.1, -0.05) is 6.92 Å². The molecule has 0 N–H and O–H groups in total. The first kappa shape index (κ1) is 16.0. The summed E-state index contributed by atoms with van der Waals surface area (Å²) >= 11 is 0. The van der Waals surface area contributed by atoms with Gasteiger partial charge in [0, 0.05) is 12.6 Å². The number of benzene rings is 1. The molecule has 4 nitrogen and oxygen atoms in total. The van der Waals surface area contributed by atoms with Gasteiger partial charge in [-0.05, 0) is 61.8 Å². The highest BCUT2D eigenvalue weighted by Crippen LogP contribution is 2.41. The number of hydrogen-bond acceptors (Lipinski definition) is 3. The number of rotatable bonds is 6. The van der Waals surface area contributed by atoms with Gasteiger partial charge in [0.2, 0.25) is 10.0 Å². The van der Waals surface area contributed by atoms with Gasteiger partial charge < -0.3 is 0 Å². The highest BCUT2D eigenvalue weighted by atomic mass is 32.2. The average Bonchev–Trinajstić information content (AvgIpc) is 3.10. The molecule has 0 bridgehead atoms. The van der Waals surface area contributed by atoms with E-state index in [4.69, 9.17) is 0 Å². The fourth-order valence-corrected chi connectivity index (χ4v) is 3.04. The maximum Gasteiger partial charge on any atom is 0.231 e. The van der Waals surface area contributed by atoms with Crippen LogP contribution in [0.2, 0.25) is 0 Å². The molecule has 1 saturated carbocycles. The molecule has 0 aliphatic heterocycles. The molecule has 5 heteroatoms. The van der Waals surface area contributed by atoms with Gasteiger partial charge in [0.05, 0.1) is 11.9 Å². The lowest BCUT2D eigenvalue weighted by atomic mass is 10.0. The van der Waals surface area contributed by atoms with Gasteiger partial charge in [-0.25, -0.2) is 8.42 Å². The van der Waals surface area contributed by atoms with E-state index >= 15 is 0 Å². The van der Waals surface area contributed by atoms with E-state index in [0.717, 1.165) is 30.2 Å². The molecular formula is C16H23NO3S. The van der Waals surface area contributed by atoms with Gasteiger partial charge in [-0.2, -0.15) is 0 Å². The monoisotopic (exact) mass is 309 g/mol. The predicted octanol–water partition coefficient (Wildman–Crippen LogP) is 2.87. The minimum Gasteiger partial charge on any atom is -0.295 e. The molecule has 1 aromatic carbocycles. The third-order valence-corrected chi connectivity index (χ3v) is 5.53. The van der Waals surface area contributed by atoms with Crippen molar-refractivity contribution >= 4 is 21.5 Å². The summed E-state index contributed by atoms with van der Waals surface area (Å²) < 4.78 is 24.6. The van der Waals surface area contributed by atoms with E-state index in [1.54, 1.807) is 6.07 Å². The van der Waals surface area contributed by atoms with Crippen LogP contribution in [0.3, 0.4) is 0 Å². The van der Waals surface area contributed by atoms with Gasteiger partial charge in [0.25, 0.3) is 0 Å². The van der Waals surface area contributed by atoms with Crippen LogP contribution < -0.4 is 4.31 Å². The predicted molar refractivity (Wildman–Crippen MR) is 85.3 cm³/mol. The molecule has 2 atom stereocenters. The van der Waals surface area contributed by atoms with Crippen LogP contribution in [0.5, 0.6) is 0 Å². The molecule has 0 spiro atoms. The molecule has 2 rings (SSSR count). The van der Waals surface area contributed by atoms with Crippen LogP contribution >= 0.6 is 0 Å². The van der Waals surface area contributed by atoms with Gasteiger partial charge in [-0.15, -0.1) is 0 Å². The van der Waals surface area contributed by atoms with Crippen molar-refractivity contribution in [2.75, 3.05) is 17.6 Å². The lowest BCUT2D eigenvalue weighted by molar-refractivity contribution is 0.101. The Labute approximate surface area is 127 Å². The SMILES string of the molecule is CC(=O)c1cc(CCC2CC2C)cc(N(C)S(C)(=O)=O)c1. The van der Waals surface area contributed by atoms with Crippen molar-refractivity contribution in [1.82, 2.24) is 0 Å². The zero-order valence-electron chi connectivity index (χ0n) is 13.1. The number of aryl methyl sites for hydroxylation is 1. The van der Waals surface area contributed by atoms with Gasteiger partial charge in [0.1, 0.15) is 0 Å². The fraction of sp³-hybridized carbons (Fsp3) is 0.562. The second-order valence-corrected chi connectivity index (χ2v) is 8.20. The molecule has 0 aromatic heterocycles. The minimum atomic E-state index is -3.32. The van der Waals surface area contributed by atoms with Gasteiger partial charge in [-0.3, -0.25) is 9.10 Å². The van der Waals surface area contributed by atoms with Crippen LogP contribution in [0.25, 0.3) is 0 Å². The van der Waals surface area contributed by atoms with Crippen LogP contribution in [0.4, 0.5) is 5.69 Å². The number of carbonyl (C=O) groups is 1. The smallest absolute Gasteiger partial charge is 0.231 e. The Morgan fingerprint density at radius 1 is 1.33 bits per heavy atom. The molecule has 1 fully saturated rings. The van der Waals surface area contributed by atoms with Crippen molar-refractivity contribution < 1.29 is 13.2 Å². The van der Waals surface area contributed by atoms with Crippen LogP contribution in [-0.4, -0.2) is 27.5 Å². The van der Waals surface area contributed by atoms with E-state index in [1.807, 2.05) is 12.1 Å². The van der Waals surface area contributed by atoms with Gasteiger partial charge in [0.15, 0.2) is 5.78 Å². The molecule has 0 radical (unpaired) electrons. The summed E-state index contributed by atoms with van der Waals surface area (Å²) in [6, 6.07) is 5.40. The summed E-state index contributed by atoms with van der Waals surface area (Å²) in [7, 11) is -1.81.